The van der Waals surface area contributed by atoms with Gasteiger partial charge in [0.2, 0.25) is 0 Å². The summed E-state index contributed by atoms with van der Waals surface area (Å²) in [5, 5.41) is 10.9. The molecule has 1 heterocycles. The van der Waals surface area contributed by atoms with Crippen molar-refractivity contribution in [2.24, 2.45) is 5.73 Å². The molecule has 1 saturated heterocycles. The van der Waals surface area contributed by atoms with Gasteiger partial charge in [-0.15, -0.1) is 0 Å². The number of hydrogen-bond donors (Lipinski definition) is 1. The molecule has 0 spiro atoms. The number of rotatable bonds is 2. The summed E-state index contributed by atoms with van der Waals surface area (Å²) in [7, 11) is 0. The van der Waals surface area contributed by atoms with Gasteiger partial charge in [0.05, 0.1) is 4.92 Å². The van der Waals surface area contributed by atoms with E-state index >= 15 is 0 Å². The van der Waals surface area contributed by atoms with Crippen molar-refractivity contribution < 1.29 is 4.92 Å². The average Bonchev–Trinajstić information content (AvgIpc) is 2.64. The molecule has 1 aliphatic rings. The van der Waals surface area contributed by atoms with Gasteiger partial charge < -0.3 is 10.6 Å². The van der Waals surface area contributed by atoms with Crippen molar-refractivity contribution in [3.05, 3.63) is 33.9 Å². The fourth-order valence-corrected chi connectivity index (χ4v) is 2.05. The van der Waals surface area contributed by atoms with Crippen molar-refractivity contribution in [3.63, 3.8) is 0 Å². The lowest BCUT2D eigenvalue weighted by atomic mass is 10.2. The first-order valence-corrected chi connectivity index (χ1v) is 5.33. The van der Waals surface area contributed by atoms with Gasteiger partial charge in [-0.05, 0) is 25.0 Å². The number of hydrogen-bond acceptors (Lipinski definition) is 4. The number of aryl methyl sites for hydroxylation is 1. The molecule has 1 aromatic carbocycles. The van der Waals surface area contributed by atoms with Crippen molar-refractivity contribution in [3.8, 4) is 0 Å². The molecule has 0 amide bonds. The van der Waals surface area contributed by atoms with E-state index in [0.717, 1.165) is 18.5 Å². The zero-order chi connectivity index (χ0) is 11.7. The maximum absolute atomic E-state index is 10.9. The monoisotopic (exact) mass is 221 g/mol. The summed E-state index contributed by atoms with van der Waals surface area (Å²) in [6.45, 7) is 3.43. The van der Waals surface area contributed by atoms with E-state index in [9.17, 15) is 10.1 Å². The van der Waals surface area contributed by atoms with Crippen LogP contribution in [0.2, 0.25) is 0 Å². The standard InChI is InChI=1S/C11H15N3O2/c1-8-2-3-10(14(15)16)11(6-8)13-5-4-9(12)7-13/h2-3,6,9H,4-5,7,12H2,1H3. The van der Waals surface area contributed by atoms with Crippen molar-refractivity contribution in [2.45, 2.75) is 19.4 Å². The molecule has 5 nitrogen and oxygen atoms in total. The van der Waals surface area contributed by atoms with Crippen LogP contribution in [-0.2, 0) is 0 Å². The fraction of sp³-hybridized carbons (Fsp3) is 0.455. The lowest BCUT2D eigenvalue weighted by Crippen LogP contribution is -2.26. The van der Waals surface area contributed by atoms with Crippen molar-refractivity contribution in [2.75, 3.05) is 18.0 Å². The molecule has 86 valence electrons. The highest BCUT2D eigenvalue weighted by Gasteiger charge is 2.25. The molecule has 5 heteroatoms. The normalized spacial score (nSPS) is 20.1. The third-order valence-electron chi connectivity index (χ3n) is 2.89. The van der Waals surface area contributed by atoms with Gasteiger partial charge in [0.1, 0.15) is 5.69 Å². The molecule has 1 aliphatic heterocycles. The van der Waals surface area contributed by atoms with E-state index in [0.29, 0.717) is 12.2 Å². The van der Waals surface area contributed by atoms with Crippen LogP contribution in [0, 0.1) is 17.0 Å². The molecular formula is C11H15N3O2. The van der Waals surface area contributed by atoms with Gasteiger partial charge in [-0.2, -0.15) is 0 Å². The van der Waals surface area contributed by atoms with Crippen LogP contribution in [0.25, 0.3) is 0 Å². The minimum Gasteiger partial charge on any atom is -0.364 e. The van der Waals surface area contributed by atoms with Crippen molar-refractivity contribution in [1.82, 2.24) is 0 Å². The SMILES string of the molecule is Cc1ccc([N+](=O)[O-])c(N2CCC(N)C2)c1. The molecule has 1 fully saturated rings. The highest BCUT2D eigenvalue weighted by atomic mass is 16.6. The van der Waals surface area contributed by atoms with Crippen molar-refractivity contribution in [1.29, 1.82) is 0 Å². The molecule has 16 heavy (non-hydrogen) atoms. The number of benzene rings is 1. The van der Waals surface area contributed by atoms with Crippen LogP contribution in [0.1, 0.15) is 12.0 Å². The molecule has 0 aliphatic carbocycles. The molecule has 2 N–H and O–H groups in total. The Morgan fingerprint density at radius 1 is 1.56 bits per heavy atom. The third-order valence-corrected chi connectivity index (χ3v) is 2.89. The largest absolute Gasteiger partial charge is 0.364 e. The molecule has 1 atom stereocenters. The Balaban J connectivity index is 2.37. The average molecular weight is 221 g/mol. The van der Waals surface area contributed by atoms with E-state index in [1.54, 1.807) is 12.1 Å². The van der Waals surface area contributed by atoms with Gasteiger partial charge in [-0.25, -0.2) is 0 Å². The lowest BCUT2D eigenvalue weighted by molar-refractivity contribution is -0.384. The molecular weight excluding hydrogens is 206 g/mol. The third kappa shape index (κ3) is 1.99. The first kappa shape index (κ1) is 10.9. The number of nitrogens with two attached hydrogens (primary N) is 1. The van der Waals surface area contributed by atoms with E-state index < -0.39 is 0 Å². The summed E-state index contributed by atoms with van der Waals surface area (Å²) in [5.74, 6) is 0. The van der Waals surface area contributed by atoms with Gasteiger partial charge in [0, 0.05) is 25.2 Å². The predicted octanol–water partition coefficient (Wildman–Crippen LogP) is 1.44. The Morgan fingerprint density at radius 3 is 2.88 bits per heavy atom. The van der Waals surface area contributed by atoms with E-state index in [-0.39, 0.29) is 16.7 Å². The highest BCUT2D eigenvalue weighted by Crippen LogP contribution is 2.31. The molecule has 0 saturated carbocycles. The molecule has 0 aromatic heterocycles. The number of anilines is 1. The van der Waals surface area contributed by atoms with Crippen LogP contribution in [0.3, 0.4) is 0 Å². The zero-order valence-corrected chi connectivity index (χ0v) is 9.22. The zero-order valence-electron chi connectivity index (χ0n) is 9.22. The highest BCUT2D eigenvalue weighted by molar-refractivity contribution is 5.65. The first-order chi connectivity index (χ1) is 7.58. The van der Waals surface area contributed by atoms with E-state index in [4.69, 9.17) is 5.73 Å². The summed E-state index contributed by atoms with van der Waals surface area (Å²) in [4.78, 5) is 12.6. The van der Waals surface area contributed by atoms with Crippen LogP contribution < -0.4 is 10.6 Å². The second kappa shape index (κ2) is 4.09. The van der Waals surface area contributed by atoms with Crippen molar-refractivity contribution >= 4 is 11.4 Å². The summed E-state index contributed by atoms with van der Waals surface area (Å²) in [6.07, 6.45) is 0.894. The Hall–Kier alpha value is -1.62. The van der Waals surface area contributed by atoms with Crippen LogP contribution in [0.5, 0.6) is 0 Å². The van der Waals surface area contributed by atoms with E-state index in [1.165, 1.54) is 0 Å². The second-order valence-electron chi connectivity index (χ2n) is 4.24. The Bertz CT molecular complexity index is 420. The Kier molecular flexibility index (Phi) is 2.78. The van der Waals surface area contributed by atoms with E-state index in [1.807, 2.05) is 17.9 Å². The van der Waals surface area contributed by atoms with Gasteiger partial charge >= 0.3 is 0 Å². The Labute approximate surface area is 94.0 Å². The predicted molar refractivity (Wildman–Crippen MR) is 62.6 cm³/mol. The lowest BCUT2D eigenvalue weighted by Gasteiger charge is -2.18. The van der Waals surface area contributed by atoms with Crippen LogP contribution in [0.4, 0.5) is 11.4 Å². The summed E-state index contributed by atoms with van der Waals surface area (Å²) >= 11 is 0. The summed E-state index contributed by atoms with van der Waals surface area (Å²) in [5.41, 5.74) is 7.70. The summed E-state index contributed by atoms with van der Waals surface area (Å²) < 4.78 is 0. The van der Waals surface area contributed by atoms with Crippen LogP contribution >= 0.6 is 0 Å². The van der Waals surface area contributed by atoms with Gasteiger partial charge in [0.15, 0.2) is 0 Å². The smallest absolute Gasteiger partial charge is 0.292 e. The molecule has 0 radical (unpaired) electrons. The fourth-order valence-electron chi connectivity index (χ4n) is 2.05. The quantitative estimate of drug-likeness (QED) is 0.606. The van der Waals surface area contributed by atoms with Crippen LogP contribution in [-0.4, -0.2) is 24.1 Å². The summed E-state index contributed by atoms with van der Waals surface area (Å²) in [6, 6.07) is 5.31. The van der Waals surface area contributed by atoms with Gasteiger partial charge in [-0.1, -0.05) is 6.07 Å². The molecule has 1 unspecified atom stereocenters. The molecule has 0 bridgehead atoms. The second-order valence-corrected chi connectivity index (χ2v) is 4.24. The molecule has 1 aromatic rings. The first-order valence-electron chi connectivity index (χ1n) is 5.33. The number of nitro groups is 1. The Morgan fingerprint density at radius 2 is 2.31 bits per heavy atom. The topological polar surface area (TPSA) is 72.4 Å². The van der Waals surface area contributed by atoms with Gasteiger partial charge in [0.25, 0.3) is 5.69 Å². The molecule has 2 rings (SSSR count). The maximum atomic E-state index is 10.9. The van der Waals surface area contributed by atoms with Crippen LogP contribution in [0.15, 0.2) is 18.2 Å². The van der Waals surface area contributed by atoms with Gasteiger partial charge in [-0.3, -0.25) is 10.1 Å². The number of nitro benzene ring substituents is 1. The minimum absolute atomic E-state index is 0.125. The maximum Gasteiger partial charge on any atom is 0.292 e. The van der Waals surface area contributed by atoms with E-state index in [2.05, 4.69) is 0 Å². The minimum atomic E-state index is -0.335. The number of nitrogens with zero attached hydrogens (tertiary/aromatic N) is 2.